The average Bonchev–Trinajstić information content (AvgIpc) is 2.95. The van der Waals surface area contributed by atoms with Crippen LogP contribution in [0.25, 0.3) is 0 Å². The Morgan fingerprint density at radius 3 is 2.68 bits per heavy atom. The van der Waals surface area contributed by atoms with Gasteiger partial charge in [-0.05, 0) is 38.9 Å². The van der Waals surface area contributed by atoms with Gasteiger partial charge in [0.05, 0.1) is 6.33 Å². The summed E-state index contributed by atoms with van der Waals surface area (Å²) in [5, 5.41) is 0.0358. The summed E-state index contributed by atoms with van der Waals surface area (Å²) < 4.78 is 28.1. The molecule has 108 valence electrons. The number of rotatable bonds is 6. The molecule has 0 amide bonds. The zero-order valence-corrected chi connectivity index (χ0v) is 12.0. The van der Waals surface area contributed by atoms with Gasteiger partial charge < -0.3 is 15.2 Å². The number of likely N-dealkylation sites (tertiary alicyclic amines) is 1. The minimum atomic E-state index is -3.57. The Bertz CT molecular complexity index is 500. The normalized spacial score (nSPS) is 17.1. The van der Waals surface area contributed by atoms with Crippen LogP contribution < -0.4 is 10.5 Å². The highest BCUT2D eigenvalue weighted by molar-refractivity contribution is 7.89. The number of nitrogens with zero attached hydrogens (tertiary/aromatic N) is 3. The number of sulfonamides is 1. The molecule has 0 aliphatic carbocycles. The van der Waals surface area contributed by atoms with E-state index in [2.05, 4.69) is 14.6 Å². The van der Waals surface area contributed by atoms with E-state index in [0.717, 1.165) is 26.1 Å². The van der Waals surface area contributed by atoms with Crippen molar-refractivity contribution in [3.05, 3.63) is 6.33 Å². The van der Waals surface area contributed by atoms with E-state index < -0.39 is 10.0 Å². The highest BCUT2D eigenvalue weighted by atomic mass is 32.2. The van der Waals surface area contributed by atoms with Crippen molar-refractivity contribution < 1.29 is 8.42 Å². The Balaban J connectivity index is 1.84. The van der Waals surface area contributed by atoms with E-state index in [0.29, 0.717) is 6.54 Å². The number of hydrogen-bond acceptors (Lipinski definition) is 5. The lowest BCUT2D eigenvalue weighted by atomic mass is 10.4. The van der Waals surface area contributed by atoms with Gasteiger partial charge in [0.15, 0.2) is 10.8 Å². The highest BCUT2D eigenvalue weighted by Crippen LogP contribution is 2.14. The minimum absolute atomic E-state index is 0.0358. The van der Waals surface area contributed by atoms with E-state index in [1.54, 1.807) is 7.05 Å². The summed E-state index contributed by atoms with van der Waals surface area (Å²) in [6.07, 6.45) is 4.69. The Kier molecular flexibility index (Phi) is 4.43. The van der Waals surface area contributed by atoms with Gasteiger partial charge in [-0.25, -0.2) is 18.1 Å². The van der Waals surface area contributed by atoms with Crippen LogP contribution in [-0.4, -0.2) is 49.0 Å². The molecule has 8 heteroatoms. The van der Waals surface area contributed by atoms with Gasteiger partial charge in [0.25, 0.3) is 10.0 Å². The molecule has 0 saturated carbocycles. The lowest BCUT2D eigenvalue weighted by molar-refractivity contribution is 0.334. The summed E-state index contributed by atoms with van der Waals surface area (Å²) in [7, 11) is -1.95. The minimum Gasteiger partial charge on any atom is -0.381 e. The van der Waals surface area contributed by atoms with Gasteiger partial charge >= 0.3 is 0 Å². The third-order valence-electron chi connectivity index (χ3n) is 3.31. The van der Waals surface area contributed by atoms with E-state index in [4.69, 9.17) is 5.73 Å². The second-order valence-corrected chi connectivity index (χ2v) is 6.53. The predicted molar refractivity (Wildman–Crippen MR) is 73.1 cm³/mol. The number of nitrogens with one attached hydrogen (secondary N) is 1. The Morgan fingerprint density at radius 2 is 2.11 bits per heavy atom. The Labute approximate surface area is 113 Å². The number of nitrogens with two attached hydrogens (primary N) is 1. The molecule has 1 aliphatic heterocycles. The topological polar surface area (TPSA) is 93.2 Å². The van der Waals surface area contributed by atoms with Crippen LogP contribution in [-0.2, 0) is 17.1 Å². The molecule has 0 bridgehead atoms. The molecule has 19 heavy (non-hydrogen) atoms. The van der Waals surface area contributed by atoms with Crippen molar-refractivity contribution in [2.24, 2.45) is 7.05 Å². The third kappa shape index (κ3) is 3.46. The van der Waals surface area contributed by atoms with Crippen LogP contribution in [0.3, 0.4) is 0 Å². The average molecular weight is 287 g/mol. The van der Waals surface area contributed by atoms with Gasteiger partial charge in [0.1, 0.15) is 0 Å². The summed E-state index contributed by atoms with van der Waals surface area (Å²) in [6, 6.07) is 0. The molecule has 0 radical (unpaired) electrons. The maximum absolute atomic E-state index is 12.1. The first-order chi connectivity index (χ1) is 9.00. The van der Waals surface area contributed by atoms with Crippen molar-refractivity contribution in [2.75, 3.05) is 31.9 Å². The van der Waals surface area contributed by atoms with Crippen LogP contribution in [0, 0.1) is 0 Å². The molecule has 0 aromatic carbocycles. The third-order valence-corrected chi connectivity index (χ3v) is 4.90. The summed E-state index contributed by atoms with van der Waals surface area (Å²) in [6.45, 7) is 3.61. The molecule has 2 rings (SSSR count). The number of hydrogen-bond donors (Lipinski definition) is 2. The summed E-state index contributed by atoms with van der Waals surface area (Å²) in [5.74, 6) is 0.0366. The second kappa shape index (κ2) is 5.89. The van der Waals surface area contributed by atoms with Crippen molar-refractivity contribution in [2.45, 2.75) is 24.3 Å². The fraction of sp³-hybridized carbons (Fsp3) is 0.727. The maximum atomic E-state index is 12.1. The van der Waals surface area contributed by atoms with Gasteiger partial charge in [0, 0.05) is 13.6 Å². The highest BCUT2D eigenvalue weighted by Gasteiger charge is 2.21. The molecule has 0 spiro atoms. The van der Waals surface area contributed by atoms with Crippen LogP contribution in [0.2, 0.25) is 0 Å². The van der Waals surface area contributed by atoms with Crippen LogP contribution in [0.5, 0.6) is 0 Å². The number of imidazole rings is 1. The van der Waals surface area contributed by atoms with Crippen LogP contribution in [0.1, 0.15) is 19.3 Å². The molecule has 0 unspecified atom stereocenters. The monoisotopic (exact) mass is 287 g/mol. The maximum Gasteiger partial charge on any atom is 0.260 e. The van der Waals surface area contributed by atoms with E-state index in [-0.39, 0.29) is 10.8 Å². The molecule has 7 nitrogen and oxygen atoms in total. The molecule has 1 fully saturated rings. The van der Waals surface area contributed by atoms with Gasteiger partial charge in [-0.2, -0.15) is 0 Å². The molecule has 2 heterocycles. The number of aryl methyl sites for hydroxylation is 1. The molecule has 1 aromatic rings. The van der Waals surface area contributed by atoms with E-state index in [1.807, 2.05) is 0 Å². The number of anilines is 1. The van der Waals surface area contributed by atoms with E-state index >= 15 is 0 Å². The SMILES string of the molecule is Cn1cnc(N)c1S(=O)(=O)NCCCN1CCCC1. The second-order valence-electron chi connectivity index (χ2n) is 4.85. The fourth-order valence-corrected chi connectivity index (χ4v) is 3.65. The van der Waals surface area contributed by atoms with Crippen LogP contribution in [0.15, 0.2) is 11.4 Å². The van der Waals surface area contributed by atoms with Gasteiger partial charge in [-0.15, -0.1) is 0 Å². The standard InChI is InChI=1S/C11H21N5O2S/c1-15-9-13-10(12)11(15)19(17,18)14-5-4-8-16-6-2-3-7-16/h9,14H,2-8,12H2,1H3. The first-order valence-electron chi connectivity index (χ1n) is 6.49. The van der Waals surface area contributed by atoms with Gasteiger partial charge in [-0.1, -0.05) is 0 Å². The summed E-state index contributed by atoms with van der Waals surface area (Å²) in [5.41, 5.74) is 5.57. The summed E-state index contributed by atoms with van der Waals surface area (Å²) in [4.78, 5) is 6.14. The van der Waals surface area contributed by atoms with Crippen LogP contribution in [0.4, 0.5) is 5.82 Å². The number of nitrogen functional groups attached to an aromatic ring is 1. The van der Waals surface area contributed by atoms with Crippen molar-refractivity contribution in [3.8, 4) is 0 Å². The molecule has 1 saturated heterocycles. The zero-order chi connectivity index (χ0) is 13.9. The predicted octanol–water partition coefficient (Wildman–Crippen LogP) is -0.233. The molecule has 1 aliphatic rings. The largest absolute Gasteiger partial charge is 0.381 e. The van der Waals surface area contributed by atoms with Gasteiger partial charge in [0.2, 0.25) is 0 Å². The zero-order valence-electron chi connectivity index (χ0n) is 11.2. The molecule has 3 N–H and O–H groups in total. The van der Waals surface area contributed by atoms with E-state index in [1.165, 1.54) is 23.7 Å². The fourth-order valence-electron chi connectivity index (χ4n) is 2.35. The first-order valence-corrected chi connectivity index (χ1v) is 7.98. The molecular weight excluding hydrogens is 266 g/mol. The quantitative estimate of drug-likeness (QED) is 0.705. The Hall–Kier alpha value is -1.12. The van der Waals surface area contributed by atoms with Crippen molar-refractivity contribution in [3.63, 3.8) is 0 Å². The van der Waals surface area contributed by atoms with E-state index in [9.17, 15) is 8.42 Å². The van der Waals surface area contributed by atoms with Crippen LogP contribution >= 0.6 is 0 Å². The lowest BCUT2D eigenvalue weighted by Crippen LogP contribution is -2.30. The van der Waals surface area contributed by atoms with Gasteiger partial charge in [-0.3, -0.25) is 0 Å². The Morgan fingerprint density at radius 1 is 1.42 bits per heavy atom. The number of aromatic nitrogens is 2. The lowest BCUT2D eigenvalue weighted by Gasteiger charge is -2.14. The first kappa shape index (κ1) is 14.3. The van der Waals surface area contributed by atoms with Crippen molar-refractivity contribution in [1.29, 1.82) is 0 Å². The molecule has 0 atom stereocenters. The summed E-state index contributed by atoms with van der Waals surface area (Å²) >= 11 is 0. The van der Waals surface area contributed by atoms with Crippen molar-refractivity contribution in [1.82, 2.24) is 19.2 Å². The molecule has 1 aromatic heterocycles. The smallest absolute Gasteiger partial charge is 0.260 e. The molecular formula is C11H21N5O2S. The van der Waals surface area contributed by atoms with Crippen molar-refractivity contribution >= 4 is 15.8 Å².